The normalized spacial score (nSPS) is 11.4. The highest BCUT2D eigenvalue weighted by molar-refractivity contribution is 7.99. The first-order valence-corrected chi connectivity index (χ1v) is 12.8. The molecular weight excluding hydrogens is 466 g/mol. The van der Waals surface area contributed by atoms with Gasteiger partial charge in [0, 0.05) is 17.6 Å². The highest BCUT2D eigenvalue weighted by Crippen LogP contribution is 2.30. The van der Waals surface area contributed by atoms with Crippen molar-refractivity contribution in [2.24, 2.45) is 0 Å². The summed E-state index contributed by atoms with van der Waals surface area (Å²) >= 11 is 2.45. The number of thioether (sulfide) groups is 1. The van der Waals surface area contributed by atoms with Crippen molar-refractivity contribution in [1.29, 1.82) is 0 Å². The smallest absolute Gasteiger partial charge is 0.263 e. The number of anilines is 2. The third kappa shape index (κ3) is 5.42. The lowest BCUT2D eigenvalue weighted by Crippen LogP contribution is -2.14. The van der Waals surface area contributed by atoms with Crippen LogP contribution in [-0.4, -0.2) is 35.0 Å². The van der Waals surface area contributed by atoms with Gasteiger partial charge in [-0.25, -0.2) is 23.4 Å². The van der Waals surface area contributed by atoms with Crippen LogP contribution in [0.3, 0.4) is 0 Å². The van der Waals surface area contributed by atoms with Crippen molar-refractivity contribution in [3.63, 3.8) is 0 Å². The van der Waals surface area contributed by atoms with Gasteiger partial charge in [0.25, 0.3) is 10.0 Å². The minimum Gasteiger partial charge on any atom is -0.325 e. The number of nitrogens with zero attached hydrogens (tertiary/aromatic N) is 3. The van der Waals surface area contributed by atoms with Gasteiger partial charge < -0.3 is 5.32 Å². The van der Waals surface area contributed by atoms with Crippen LogP contribution >= 0.6 is 23.1 Å². The topological polar surface area (TPSA) is 114 Å². The number of hydrogen-bond donors (Lipinski definition) is 2. The molecule has 8 nitrogen and oxygen atoms in total. The van der Waals surface area contributed by atoms with Crippen LogP contribution in [0.1, 0.15) is 11.3 Å². The molecule has 0 atom stereocenters. The fraction of sp³-hybridized carbons (Fsp3) is 0.143. The van der Waals surface area contributed by atoms with Crippen LogP contribution in [-0.2, 0) is 14.8 Å². The van der Waals surface area contributed by atoms with E-state index in [4.69, 9.17) is 0 Å². The molecule has 4 aromatic rings. The maximum atomic E-state index is 12.6. The second-order valence-electron chi connectivity index (χ2n) is 6.94. The molecular formula is C21H19N5O3S3. The molecule has 11 heteroatoms. The number of carbonyl (C=O) groups is 1. The van der Waals surface area contributed by atoms with Gasteiger partial charge in [0.05, 0.1) is 20.9 Å². The molecule has 4 rings (SSSR count). The Hall–Kier alpha value is -3.02. The number of hydrogen-bond acceptors (Lipinski definition) is 8. The predicted octanol–water partition coefficient (Wildman–Crippen LogP) is 4.23. The lowest BCUT2D eigenvalue weighted by Gasteiger charge is -2.05. The molecule has 2 heterocycles. The molecule has 164 valence electrons. The number of fused-ring (bicyclic) bond motifs is 1. The largest absolute Gasteiger partial charge is 0.325 e. The Labute approximate surface area is 193 Å². The van der Waals surface area contributed by atoms with Crippen LogP contribution in [0.4, 0.5) is 10.8 Å². The van der Waals surface area contributed by atoms with Crippen molar-refractivity contribution in [2.45, 2.75) is 23.9 Å². The summed E-state index contributed by atoms with van der Waals surface area (Å²) in [7, 11) is -3.73. The second-order valence-corrected chi connectivity index (χ2v) is 10.6. The zero-order chi connectivity index (χ0) is 22.7. The standard InChI is InChI=1S/C21H19N5O3S3/c1-13-3-6-16(7-4-13)32(28,29)26-21-25-17-8-5-15(11-18(17)31-21)24-19(27)12-30-20-22-10-9-14(2)23-20/h3-11H,12H2,1-2H3,(H,24,27)(H,25,26). The summed E-state index contributed by atoms with van der Waals surface area (Å²) in [6, 6.07) is 13.6. The first-order valence-electron chi connectivity index (χ1n) is 9.51. The van der Waals surface area contributed by atoms with Crippen molar-refractivity contribution in [1.82, 2.24) is 15.0 Å². The number of sulfonamides is 1. The highest BCUT2D eigenvalue weighted by Gasteiger charge is 2.17. The van der Waals surface area contributed by atoms with Gasteiger partial charge in [-0.3, -0.25) is 9.52 Å². The third-order valence-electron chi connectivity index (χ3n) is 4.33. The number of aromatic nitrogens is 3. The third-order valence-corrected chi connectivity index (χ3v) is 7.61. The Morgan fingerprint density at radius 1 is 1.06 bits per heavy atom. The molecule has 1 amide bonds. The number of amides is 1. The quantitative estimate of drug-likeness (QED) is 0.297. The van der Waals surface area contributed by atoms with Crippen LogP contribution in [0.25, 0.3) is 10.2 Å². The Kier molecular flexibility index (Phi) is 6.40. The monoisotopic (exact) mass is 485 g/mol. The van der Waals surface area contributed by atoms with Crippen LogP contribution in [0.2, 0.25) is 0 Å². The van der Waals surface area contributed by atoms with Crippen molar-refractivity contribution < 1.29 is 13.2 Å². The van der Waals surface area contributed by atoms with Gasteiger partial charge in [0.1, 0.15) is 0 Å². The lowest BCUT2D eigenvalue weighted by molar-refractivity contribution is -0.113. The number of rotatable bonds is 7. The van der Waals surface area contributed by atoms with E-state index in [9.17, 15) is 13.2 Å². The molecule has 0 radical (unpaired) electrons. The second kappa shape index (κ2) is 9.23. The number of thiazole rings is 1. The average Bonchev–Trinajstić information content (AvgIpc) is 3.13. The summed E-state index contributed by atoms with van der Waals surface area (Å²) in [5.41, 5.74) is 3.05. The predicted molar refractivity (Wildman–Crippen MR) is 128 cm³/mol. The van der Waals surface area contributed by atoms with Crippen molar-refractivity contribution >= 4 is 60.1 Å². The molecule has 0 saturated heterocycles. The number of benzene rings is 2. The molecule has 0 aliphatic heterocycles. The first kappa shape index (κ1) is 22.2. The van der Waals surface area contributed by atoms with Gasteiger partial charge >= 0.3 is 0 Å². The Bertz CT molecular complexity index is 1390. The molecule has 0 aliphatic rings. The number of nitrogens with one attached hydrogen (secondary N) is 2. The van der Waals surface area contributed by atoms with Gasteiger partial charge in [-0.05, 0) is 50.2 Å². The minimum atomic E-state index is -3.73. The zero-order valence-electron chi connectivity index (χ0n) is 17.2. The van der Waals surface area contributed by atoms with Gasteiger partial charge in [-0.15, -0.1) is 0 Å². The number of aryl methyl sites for hydroxylation is 2. The van der Waals surface area contributed by atoms with E-state index in [1.54, 1.807) is 54.7 Å². The van der Waals surface area contributed by atoms with Gasteiger partial charge in [0.15, 0.2) is 10.3 Å². The summed E-state index contributed by atoms with van der Waals surface area (Å²) < 4.78 is 28.5. The molecule has 2 aromatic carbocycles. The molecule has 0 fully saturated rings. The van der Waals surface area contributed by atoms with Crippen LogP contribution < -0.4 is 10.0 Å². The van der Waals surface area contributed by atoms with E-state index in [2.05, 4.69) is 25.0 Å². The van der Waals surface area contributed by atoms with E-state index in [0.29, 0.717) is 16.4 Å². The summed E-state index contributed by atoms with van der Waals surface area (Å²) in [6.45, 7) is 3.76. The molecule has 0 aliphatic carbocycles. The fourth-order valence-electron chi connectivity index (χ4n) is 2.76. The Morgan fingerprint density at radius 3 is 2.59 bits per heavy atom. The zero-order valence-corrected chi connectivity index (χ0v) is 19.6. The van der Waals surface area contributed by atoms with E-state index < -0.39 is 10.0 Å². The van der Waals surface area contributed by atoms with E-state index >= 15 is 0 Å². The van der Waals surface area contributed by atoms with E-state index in [-0.39, 0.29) is 21.7 Å². The van der Waals surface area contributed by atoms with E-state index in [0.717, 1.165) is 16.0 Å². The summed E-state index contributed by atoms with van der Waals surface area (Å²) in [6.07, 6.45) is 1.66. The average molecular weight is 486 g/mol. The van der Waals surface area contributed by atoms with Crippen molar-refractivity contribution in [3.8, 4) is 0 Å². The summed E-state index contributed by atoms with van der Waals surface area (Å²) in [5, 5.41) is 3.64. The fourth-order valence-corrected chi connectivity index (χ4v) is 5.58. The highest BCUT2D eigenvalue weighted by atomic mass is 32.2. The van der Waals surface area contributed by atoms with Crippen LogP contribution in [0.15, 0.2) is 64.8 Å². The molecule has 2 N–H and O–H groups in total. The minimum absolute atomic E-state index is 0.172. The summed E-state index contributed by atoms with van der Waals surface area (Å²) in [4.78, 5) is 25.2. The van der Waals surface area contributed by atoms with Crippen LogP contribution in [0.5, 0.6) is 0 Å². The molecule has 32 heavy (non-hydrogen) atoms. The molecule has 0 spiro atoms. The maximum Gasteiger partial charge on any atom is 0.263 e. The van der Waals surface area contributed by atoms with Crippen molar-refractivity contribution in [2.75, 3.05) is 15.8 Å². The number of carbonyl (C=O) groups excluding carboxylic acids is 1. The van der Waals surface area contributed by atoms with Crippen molar-refractivity contribution in [3.05, 3.63) is 66.0 Å². The molecule has 0 saturated carbocycles. The molecule has 0 unspecified atom stereocenters. The molecule has 0 bridgehead atoms. The maximum absolute atomic E-state index is 12.6. The van der Waals surface area contributed by atoms with Gasteiger partial charge in [0.2, 0.25) is 5.91 Å². The van der Waals surface area contributed by atoms with Crippen LogP contribution in [0, 0.1) is 13.8 Å². The Balaban J connectivity index is 1.43. The summed E-state index contributed by atoms with van der Waals surface area (Å²) in [5.74, 6) is -0.0181. The van der Waals surface area contributed by atoms with E-state index in [1.165, 1.54) is 23.1 Å². The van der Waals surface area contributed by atoms with Gasteiger partial charge in [-0.2, -0.15) is 0 Å². The Morgan fingerprint density at radius 2 is 1.84 bits per heavy atom. The SMILES string of the molecule is Cc1ccc(S(=O)(=O)Nc2nc3ccc(NC(=O)CSc4nccc(C)n4)cc3s2)cc1. The van der Waals surface area contributed by atoms with E-state index in [1.807, 2.05) is 13.8 Å². The lowest BCUT2D eigenvalue weighted by atomic mass is 10.2. The molecule has 2 aromatic heterocycles. The van der Waals surface area contributed by atoms with Gasteiger partial charge in [-0.1, -0.05) is 40.8 Å². The first-order chi connectivity index (χ1) is 15.3.